The van der Waals surface area contributed by atoms with E-state index in [4.69, 9.17) is 0 Å². The molecule has 0 amide bonds. The van der Waals surface area contributed by atoms with Gasteiger partial charge in [-0.1, -0.05) is 13.8 Å². The molecule has 0 aliphatic rings. The van der Waals surface area contributed by atoms with E-state index < -0.39 is 0 Å². The first-order valence-corrected chi connectivity index (χ1v) is 4.90. The number of rotatable bonds is 1. The Bertz CT molecular complexity index is 383. The Kier molecular flexibility index (Phi) is 4.34. The van der Waals surface area contributed by atoms with E-state index in [1.54, 1.807) is 24.8 Å². The smallest absolute Gasteiger partial charge is 0.162 e. The third kappa shape index (κ3) is 3.09. The first kappa shape index (κ1) is 11.2. The Balaban J connectivity index is 0.000000531. The van der Waals surface area contributed by atoms with Crippen molar-refractivity contribution < 1.29 is 0 Å². The highest BCUT2D eigenvalue weighted by atomic mass is 14.9. The lowest BCUT2D eigenvalue weighted by Crippen LogP contribution is -1.90. The third-order valence-corrected chi connectivity index (χ3v) is 1.60. The predicted octanol–water partition coefficient (Wildman–Crippen LogP) is 2.27. The highest BCUT2D eigenvalue weighted by Gasteiger charge is 1.98. The summed E-state index contributed by atoms with van der Waals surface area (Å²) < 4.78 is 0. The maximum absolute atomic E-state index is 4.16. The summed E-state index contributed by atoms with van der Waals surface area (Å²) in [6, 6.07) is 0. The standard InChI is InChI=1S/C9H8N4.C2H6/c1-7-2-12-9(13-3-7)8-4-10-6-11-5-8;1-2/h2-6H,1H3;1-2H3. The molecule has 2 aromatic heterocycles. The van der Waals surface area contributed by atoms with E-state index in [2.05, 4.69) is 19.9 Å². The van der Waals surface area contributed by atoms with Crippen LogP contribution in [0.1, 0.15) is 19.4 Å². The van der Waals surface area contributed by atoms with Gasteiger partial charge in [0.25, 0.3) is 0 Å². The molecule has 2 heterocycles. The molecular formula is C11H14N4. The Morgan fingerprint density at radius 1 is 0.867 bits per heavy atom. The number of aryl methyl sites for hydroxylation is 1. The second kappa shape index (κ2) is 5.80. The van der Waals surface area contributed by atoms with Crippen LogP contribution in [0.3, 0.4) is 0 Å². The summed E-state index contributed by atoms with van der Waals surface area (Å²) in [5.74, 6) is 0.659. The number of hydrogen-bond acceptors (Lipinski definition) is 4. The first-order valence-electron chi connectivity index (χ1n) is 4.90. The van der Waals surface area contributed by atoms with Gasteiger partial charge in [-0.2, -0.15) is 0 Å². The molecule has 4 heteroatoms. The molecule has 0 spiro atoms. The molecule has 0 saturated heterocycles. The molecule has 2 aromatic rings. The van der Waals surface area contributed by atoms with Gasteiger partial charge >= 0.3 is 0 Å². The normalized spacial score (nSPS) is 9.00. The molecule has 0 saturated carbocycles. The van der Waals surface area contributed by atoms with Crippen LogP contribution in [0, 0.1) is 6.92 Å². The molecule has 4 nitrogen and oxygen atoms in total. The minimum absolute atomic E-state index is 0.659. The van der Waals surface area contributed by atoms with Crippen LogP contribution in [0.2, 0.25) is 0 Å². The maximum Gasteiger partial charge on any atom is 0.162 e. The fourth-order valence-electron chi connectivity index (χ4n) is 0.956. The molecule has 0 aromatic carbocycles. The zero-order chi connectivity index (χ0) is 11.1. The van der Waals surface area contributed by atoms with Crippen LogP contribution in [0.4, 0.5) is 0 Å². The molecule has 0 bridgehead atoms. The lowest BCUT2D eigenvalue weighted by atomic mass is 10.3. The van der Waals surface area contributed by atoms with Crippen LogP contribution >= 0.6 is 0 Å². The summed E-state index contributed by atoms with van der Waals surface area (Å²) in [4.78, 5) is 16.1. The van der Waals surface area contributed by atoms with E-state index in [9.17, 15) is 0 Å². The topological polar surface area (TPSA) is 51.6 Å². The van der Waals surface area contributed by atoms with Crippen LogP contribution in [0.25, 0.3) is 11.4 Å². The van der Waals surface area contributed by atoms with Crippen LogP contribution in [-0.2, 0) is 0 Å². The summed E-state index contributed by atoms with van der Waals surface area (Å²) in [7, 11) is 0. The van der Waals surface area contributed by atoms with Crippen molar-refractivity contribution in [1.29, 1.82) is 0 Å². The van der Waals surface area contributed by atoms with E-state index in [0.29, 0.717) is 5.82 Å². The van der Waals surface area contributed by atoms with Crippen molar-refractivity contribution in [1.82, 2.24) is 19.9 Å². The molecule has 0 atom stereocenters. The van der Waals surface area contributed by atoms with Gasteiger partial charge < -0.3 is 0 Å². The van der Waals surface area contributed by atoms with Crippen molar-refractivity contribution in [3.05, 3.63) is 36.7 Å². The Hall–Kier alpha value is -1.84. The van der Waals surface area contributed by atoms with Gasteiger partial charge in [0.05, 0.1) is 5.56 Å². The quantitative estimate of drug-likeness (QED) is 0.711. The molecule has 0 N–H and O–H groups in total. The van der Waals surface area contributed by atoms with E-state index >= 15 is 0 Å². The second-order valence-electron chi connectivity index (χ2n) is 2.71. The molecule has 0 aliphatic heterocycles. The minimum Gasteiger partial charge on any atom is -0.244 e. The van der Waals surface area contributed by atoms with E-state index in [0.717, 1.165) is 11.1 Å². The zero-order valence-electron chi connectivity index (χ0n) is 9.18. The summed E-state index contributed by atoms with van der Waals surface area (Å²) in [5, 5.41) is 0. The molecule has 2 rings (SSSR count). The van der Waals surface area contributed by atoms with E-state index in [-0.39, 0.29) is 0 Å². The monoisotopic (exact) mass is 202 g/mol. The van der Waals surface area contributed by atoms with Crippen molar-refractivity contribution in [3.8, 4) is 11.4 Å². The van der Waals surface area contributed by atoms with Gasteiger partial charge in [-0.15, -0.1) is 0 Å². The van der Waals surface area contributed by atoms with E-state index in [1.807, 2.05) is 20.8 Å². The van der Waals surface area contributed by atoms with Crippen molar-refractivity contribution in [2.45, 2.75) is 20.8 Å². The average molecular weight is 202 g/mol. The van der Waals surface area contributed by atoms with Crippen LogP contribution < -0.4 is 0 Å². The fraction of sp³-hybridized carbons (Fsp3) is 0.273. The van der Waals surface area contributed by atoms with Gasteiger partial charge in [0.15, 0.2) is 5.82 Å². The van der Waals surface area contributed by atoms with Gasteiger partial charge in [-0.05, 0) is 12.5 Å². The van der Waals surface area contributed by atoms with Crippen LogP contribution in [0.5, 0.6) is 0 Å². The zero-order valence-corrected chi connectivity index (χ0v) is 9.18. The summed E-state index contributed by atoms with van der Waals surface area (Å²) >= 11 is 0. The Morgan fingerprint density at radius 3 is 1.93 bits per heavy atom. The molecular weight excluding hydrogens is 188 g/mol. The maximum atomic E-state index is 4.16. The van der Waals surface area contributed by atoms with Crippen LogP contribution in [0.15, 0.2) is 31.1 Å². The van der Waals surface area contributed by atoms with Gasteiger partial charge in [-0.3, -0.25) is 0 Å². The summed E-state index contributed by atoms with van der Waals surface area (Å²) in [6.45, 7) is 5.95. The fourth-order valence-corrected chi connectivity index (χ4v) is 0.956. The summed E-state index contributed by atoms with van der Waals surface area (Å²) in [5.41, 5.74) is 1.88. The molecule has 0 aliphatic carbocycles. The van der Waals surface area contributed by atoms with Crippen molar-refractivity contribution in [3.63, 3.8) is 0 Å². The molecule has 0 fully saturated rings. The first-order chi connectivity index (χ1) is 7.36. The third-order valence-electron chi connectivity index (χ3n) is 1.60. The van der Waals surface area contributed by atoms with Crippen molar-refractivity contribution >= 4 is 0 Å². The molecule has 0 unspecified atom stereocenters. The lowest BCUT2D eigenvalue weighted by molar-refractivity contribution is 1.10. The van der Waals surface area contributed by atoms with Gasteiger partial charge in [-0.25, -0.2) is 19.9 Å². The van der Waals surface area contributed by atoms with Gasteiger partial charge in [0.1, 0.15) is 6.33 Å². The number of nitrogens with zero attached hydrogens (tertiary/aromatic N) is 4. The molecule has 0 radical (unpaired) electrons. The highest BCUT2D eigenvalue weighted by molar-refractivity contribution is 5.50. The summed E-state index contributed by atoms with van der Waals surface area (Å²) in [6.07, 6.45) is 8.41. The predicted molar refractivity (Wildman–Crippen MR) is 59.1 cm³/mol. The van der Waals surface area contributed by atoms with Gasteiger partial charge in [0, 0.05) is 24.8 Å². The molecule has 78 valence electrons. The average Bonchev–Trinajstić information content (AvgIpc) is 2.34. The number of aromatic nitrogens is 4. The van der Waals surface area contributed by atoms with Crippen molar-refractivity contribution in [2.24, 2.45) is 0 Å². The molecule has 15 heavy (non-hydrogen) atoms. The SMILES string of the molecule is CC.Cc1cnc(-c2cncnc2)nc1. The second-order valence-corrected chi connectivity index (χ2v) is 2.71. The van der Waals surface area contributed by atoms with Crippen LogP contribution in [-0.4, -0.2) is 19.9 Å². The minimum atomic E-state index is 0.659. The van der Waals surface area contributed by atoms with E-state index in [1.165, 1.54) is 6.33 Å². The number of hydrogen-bond donors (Lipinski definition) is 0. The Labute approximate surface area is 89.5 Å². The van der Waals surface area contributed by atoms with Gasteiger partial charge in [0.2, 0.25) is 0 Å². The lowest BCUT2D eigenvalue weighted by Gasteiger charge is -1.97. The highest BCUT2D eigenvalue weighted by Crippen LogP contribution is 2.09. The largest absolute Gasteiger partial charge is 0.244 e. The Morgan fingerprint density at radius 2 is 1.40 bits per heavy atom. The van der Waals surface area contributed by atoms with Crippen molar-refractivity contribution in [2.75, 3.05) is 0 Å².